The number of ether oxygens (including phenoxy) is 1. The number of nitrogens with zero attached hydrogens (tertiary/aromatic N) is 2. The van der Waals surface area contributed by atoms with E-state index in [1.54, 1.807) is 18.5 Å². The first kappa shape index (κ1) is 18.4. The zero-order valence-electron chi connectivity index (χ0n) is 14.8. The molecule has 1 amide bonds. The van der Waals surface area contributed by atoms with Gasteiger partial charge in [-0.05, 0) is 50.2 Å². The molecule has 2 aromatic rings. The molecule has 6 heteroatoms. The number of β-amino-alcohol motifs (C(OH)–C–C–N with tert-alkyl or cyclic N) is 1. The summed E-state index contributed by atoms with van der Waals surface area (Å²) in [6.07, 6.45) is 4.37. The van der Waals surface area contributed by atoms with E-state index in [4.69, 9.17) is 4.74 Å². The number of aliphatic hydroxyl groups is 1. The molecule has 0 saturated carbocycles. The molecular formula is C20H25N3O3. The number of anilines is 1. The predicted octanol–water partition coefficient (Wildman–Crippen LogP) is 2.17. The second-order valence-electron chi connectivity index (χ2n) is 6.58. The Morgan fingerprint density at radius 3 is 2.69 bits per heavy atom. The average Bonchev–Trinajstić information content (AvgIpc) is 2.68. The number of hydrogen-bond acceptors (Lipinski definition) is 5. The first-order valence-electron chi connectivity index (χ1n) is 9.00. The maximum atomic E-state index is 12.3. The Hall–Kier alpha value is -2.44. The van der Waals surface area contributed by atoms with Crippen molar-refractivity contribution in [3.8, 4) is 5.75 Å². The highest BCUT2D eigenvalue weighted by Crippen LogP contribution is 2.19. The molecule has 1 unspecified atom stereocenters. The van der Waals surface area contributed by atoms with Crippen LogP contribution >= 0.6 is 0 Å². The number of aliphatic hydroxyl groups excluding tert-OH is 1. The van der Waals surface area contributed by atoms with Crippen molar-refractivity contribution in [1.29, 1.82) is 0 Å². The molecule has 0 radical (unpaired) electrons. The average molecular weight is 355 g/mol. The van der Waals surface area contributed by atoms with Crippen LogP contribution in [-0.4, -0.2) is 53.2 Å². The highest BCUT2D eigenvalue weighted by atomic mass is 16.5. The zero-order chi connectivity index (χ0) is 18.2. The number of carbonyl (C=O) groups excluding carboxylic acids is 1. The van der Waals surface area contributed by atoms with Crippen LogP contribution < -0.4 is 10.1 Å². The summed E-state index contributed by atoms with van der Waals surface area (Å²) >= 11 is 0. The van der Waals surface area contributed by atoms with E-state index in [2.05, 4.69) is 15.2 Å². The van der Waals surface area contributed by atoms with Gasteiger partial charge in [-0.25, -0.2) is 0 Å². The standard InChI is InChI=1S/C20H25N3O3/c24-18(15-26-19-6-2-1-3-7-19)14-23-11-8-16(9-12-23)20(25)22-17-5-4-10-21-13-17/h1-7,10,13,16,18,24H,8-9,11-12,14-15H2,(H,22,25). The summed E-state index contributed by atoms with van der Waals surface area (Å²) in [6, 6.07) is 13.1. The second kappa shape index (κ2) is 9.31. The second-order valence-corrected chi connectivity index (χ2v) is 6.58. The van der Waals surface area contributed by atoms with Gasteiger partial charge in [0, 0.05) is 18.7 Å². The van der Waals surface area contributed by atoms with E-state index >= 15 is 0 Å². The third-order valence-electron chi connectivity index (χ3n) is 4.54. The van der Waals surface area contributed by atoms with Crippen molar-refractivity contribution < 1.29 is 14.6 Å². The molecule has 1 aromatic heterocycles. The van der Waals surface area contributed by atoms with Crippen molar-refractivity contribution >= 4 is 11.6 Å². The SMILES string of the molecule is O=C(Nc1cccnc1)C1CCN(CC(O)COc2ccccc2)CC1. The van der Waals surface area contributed by atoms with Crippen LogP contribution in [0.4, 0.5) is 5.69 Å². The molecule has 1 aromatic carbocycles. The summed E-state index contributed by atoms with van der Waals surface area (Å²) in [5, 5.41) is 13.1. The van der Waals surface area contributed by atoms with Crippen LogP contribution in [-0.2, 0) is 4.79 Å². The van der Waals surface area contributed by atoms with E-state index < -0.39 is 6.10 Å². The summed E-state index contributed by atoms with van der Waals surface area (Å²) in [5.41, 5.74) is 0.730. The third-order valence-corrected chi connectivity index (χ3v) is 4.54. The molecule has 1 fully saturated rings. The maximum absolute atomic E-state index is 12.3. The highest BCUT2D eigenvalue weighted by Gasteiger charge is 2.26. The molecule has 0 spiro atoms. The summed E-state index contributed by atoms with van der Waals surface area (Å²) < 4.78 is 5.59. The molecule has 26 heavy (non-hydrogen) atoms. The van der Waals surface area contributed by atoms with Crippen molar-refractivity contribution in [3.05, 3.63) is 54.9 Å². The fourth-order valence-corrected chi connectivity index (χ4v) is 3.12. The van der Waals surface area contributed by atoms with Gasteiger partial charge < -0.3 is 20.1 Å². The Morgan fingerprint density at radius 2 is 2.00 bits per heavy atom. The maximum Gasteiger partial charge on any atom is 0.227 e. The van der Waals surface area contributed by atoms with Crippen LogP contribution in [0.3, 0.4) is 0 Å². The van der Waals surface area contributed by atoms with E-state index in [1.165, 1.54) is 0 Å². The Balaban J connectivity index is 1.37. The monoisotopic (exact) mass is 355 g/mol. The molecular weight excluding hydrogens is 330 g/mol. The van der Waals surface area contributed by atoms with Gasteiger partial charge in [-0.3, -0.25) is 9.78 Å². The fraction of sp³-hybridized carbons (Fsp3) is 0.400. The first-order chi connectivity index (χ1) is 12.7. The molecule has 0 bridgehead atoms. The van der Waals surface area contributed by atoms with Gasteiger partial charge in [-0.2, -0.15) is 0 Å². The number of piperidine rings is 1. The number of hydrogen-bond donors (Lipinski definition) is 2. The number of carbonyl (C=O) groups is 1. The first-order valence-corrected chi connectivity index (χ1v) is 9.00. The van der Waals surface area contributed by atoms with Gasteiger partial charge in [0.15, 0.2) is 0 Å². The van der Waals surface area contributed by atoms with Gasteiger partial charge in [-0.1, -0.05) is 18.2 Å². The summed E-state index contributed by atoms with van der Waals surface area (Å²) in [4.78, 5) is 18.5. The topological polar surface area (TPSA) is 74.7 Å². The van der Waals surface area contributed by atoms with E-state index in [0.717, 1.165) is 37.4 Å². The van der Waals surface area contributed by atoms with Crippen molar-refractivity contribution in [1.82, 2.24) is 9.88 Å². The minimum Gasteiger partial charge on any atom is -0.491 e. The lowest BCUT2D eigenvalue weighted by Crippen LogP contribution is -2.42. The number of amides is 1. The van der Waals surface area contributed by atoms with Crippen LogP contribution in [0.25, 0.3) is 0 Å². The minimum atomic E-state index is -0.545. The molecule has 2 heterocycles. The summed E-state index contributed by atoms with van der Waals surface area (Å²) in [7, 11) is 0. The molecule has 6 nitrogen and oxygen atoms in total. The van der Waals surface area contributed by atoms with E-state index in [0.29, 0.717) is 6.54 Å². The Morgan fingerprint density at radius 1 is 1.23 bits per heavy atom. The molecule has 2 N–H and O–H groups in total. The molecule has 1 saturated heterocycles. The van der Waals surface area contributed by atoms with Gasteiger partial charge in [0.05, 0.1) is 11.9 Å². The van der Waals surface area contributed by atoms with E-state index in [-0.39, 0.29) is 18.4 Å². The zero-order valence-corrected chi connectivity index (χ0v) is 14.8. The van der Waals surface area contributed by atoms with Crippen molar-refractivity contribution in [2.45, 2.75) is 18.9 Å². The van der Waals surface area contributed by atoms with Crippen LogP contribution in [0.5, 0.6) is 5.75 Å². The lowest BCUT2D eigenvalue weighted by Gasteiger charge is -2.32. The van der Waals surface area contributed by atoms with Gasteiger partial charge in [0.1, 0.15) is 18.5 Å². The van der Waals surface area contributed by atoms with Gasteiger partial charge >= 0.3 is 0 Å². The molecule has 138 valence electrons. The molecule has 1 aliphatic rings. The van der Waals surface area contributed by atoms with Crippen molar-refractivity contribution in [2.24, 2.45) is 5.92 Å². The van der Waals surface area contributed by atoms with Crippen LogP contribution in [0.1, 0.15) is 12.8 Å². The van der Waals surface area contributed by atoms with Crippen LogP contribution in [0, 0.1) is 5.92 Å². The van der Waals surface area contributed by atoms with Crippen molar-refractivity contribution in [2.75, 3.05) is 31.6 Å². The third kappa shape index (κ3) is 5.54. The number of pyridine rings is 1. The Bertz CT molecular complexity index is 673. The lowest BCUT2D eigenvalue weighted by atomic mass is 9.95. The van der Waals surface area contributed by atoms with Crippen LogP contribution in [0.15, 0.2) is 54.9 Å². The number of nitrogens with one attached hydrogen (secondary N) is 1. The Kier molecular flexibility index (Phi) is 6.57. The normalized spacial score (nSPS) is 16.8. The molecule has 1 aliphatic heterocycles. The quantitative estimate of drug-likeness (QED) is 0.796. The molecule has 3 rings (SSSR count). The largest absolute Gasteiger partial charge is 0.491 e. The number of likely N-dealkylation sites (tertiary alicyclic amines) is 1. The van der Waals surface area contributed by atoms with E-state index in [1.807, 2.05) is 36.4 Å². The number of benzene rings is 1. The molecule has 0 aliphatic carbocycles. The molecule has 1 atom stereocenters. The van der Waals surface area contributed by atoms with E-state index in [9.17, 15) is 9.90 Å². The Labute approximate surface area is 153 Å². The van der Waals surface area contributed by atoms with Gasteiger partial charge in [0.25, 0.3) is 0 Å². The van der Waals surface area contributed by atoms with Crippen molar-refractivity contribution in [3.63, 3.8) is 0 Å². The number of rotatable bonds is 7. The predicted molar refractivity (Wildman–Crippen MR) is 100.0 cm³/mol. The number of aromatic nitrogens is 1. The smallest absolute Gasteiger partial charge is 0.227 e. The summed E-state index contributed by atoms with van der Waals surface area (Å²) in [5.74, 6) is 0.812. The minimum absolute atomic E-state index is 0.00386. The van der Waals surface area contributed by atoms with Gasteiger partial charge in [0.2, 0.25) is 5.91 Å². The van der Waals surface area contributed by atoms with Crippen LogP contribution in [0.2, 0.25) is 0 Å². The fourth-order valence-electron chi connectivity index (χ4n) is 3.12. The van der Waals surface area contributed by atoms with Gasteiger partial charge in [-0.15, -0.1) is 0 Å². The highest BCUT2D eigenvalue weighted by molar-refractivity contribution is 5.92. The summed E-state index contributed by atoms with van der Waals surface area (Å²) in [6.45, 7) is 2.43. The lowest BCUT2D eigenvalue weighted by molar-refractivity contribution is -0.121. The number of para-hydroxylation sites is 1.